The molecule has 0 aliphatic carbocycles. The fourth-order valence-corrected chi connectivity index (χ4v) is 4.95. The number of carbonyl (C=O) groups is 2. The van der Waals surface area contributed by atoms with Crippen LogP contribution in [0.15, 0.2) is 52.2 Å². The van der Waals surface area contributed by atoms with Gasteiger partial charge in [-0.1, -0.05) is 42.1 Å². The van der Waals surface area contributed by atoms with E-state index in [1.165, 1.54) is 18.7 Å². The number of nitrogens with one attached hydrogen (secondary N) is 1. The third-order valence-corrected chi connectivity index (χ3v) is 6.77. The Morgan fingerprint density at radius 2 is 1.85 bits per heavy atom. The second-order valence-corrected chi connectivity index (χ2v) is 9.38. The monoisotopic (exact) mass is 462 g/mol. The normalized spacial score (nSPS) is 12.2. The van der Waals surface area contributed by atoms with Crippen LogP contribution in [0.4, 0.5) is 0 Å². The number of aromatic nitrogens is 4. The van der Waals surface area contributed by atoms with E-state index in [9.17, 15) is 9.59 Å². The van der Waals surface area contributed by atoms with E-state index in [1.54, 1.807) is 6.26 Å². The molecule has 0 bridgehead atoms. The molecule has 0 aliphatic heterocycles. The molecule has 33 heavy (non-hydrogen) atoms. The summed E-state index contributed by atoms with van der Waals surface area (Å²) in [6.45, 7) is 9.43. The van der Waals surface area contributed by atoms with Crippen molar-refractivity contribution in [1.29, 1.82) is 0 Å². The highest BCUT2D eigenvalue weighted by Crippen LogP contribution is 2.31. The number of Topliss-reactive ketones (excluding diaryl/α,β-unsaturated/α-hetero) is 2. The first-order chi connectivity index (χ1) is 15.8. The molecular formula is C25H26N4O3S. The number of hydrogen-bond donors (Lipinski definition) is 1. The Labute approximate surface area is 196 Å². The molecule has 7 nitrogen and oxygen atoms in total. The quantitative estimate of drug-likeness (QED) is 0.278. The van der Waals surface area contributed by atoms with Crippen molar-refractivity contribution in [3.63, 3.8) is 0 Å². The van der Waals surface area contributed by atoms with E-state index in [0.29, 0.717) is 40.0 Å². The molecule has 0 spiro atoms. The van der Waals surface area contributed by atoms with Crippen molar-refractivity contribution in [2.24, 2.45) is 0 Å². The Bertz CT molecular complexity index is 1320. The summed E-state index contributed by atoms with van der Waals surface area (Å²) in [5.41, 5.74) is 4.43. The standard InChI is InChI=1S/C25H26N4O3S/c1-14-21(16(3)30)15(2)26-22(14)23(31)18(5)33-25-28-27-24(20-11-12-32-17(20)4)29(25)13-19-9-7-6-8-10-19/h6-12,18,26H,13H2,1-5H3. The van der Waals surface area contributed by atoms with Crippen molar-refractivity contribution in [3.8, 4) is 11.4 Å². The highest BCUT2D eigenvalue weighted by Gasteiger charge is 2.27. The SMILES string of the molecule is CC(=O)c1c(C)[nH]c(C(=O)C(C)Sc2nnc(-c3ccoc3C)n2Cc2ccccc2)c1C. The summed E-state index contributed by atoms with van der Waals surface area (Å²) in [5.74, 6) is 1.32. The average molecular weight is 463 g/mol. The molecule has 0 saturated carbocycles. The minimum atomic E-state index is -0.432. The van der Waals surface area contributed by atoms with Crippen LogP contribution in [0.5, 0.6) is 0 Å². The Kier molecular flexibility index (Phi) is 6.37. The lowest BCUT2D eigenvalue weighted by atomic mass is 10.0. The summed E-state index contributed by atoms with van der Waals surface area (Å²) in [7, 11) is 0. The predicted molar refractivity (Wildman–Crippen MR) is 128 cm³/mol. The van der Waals surface area contributed by atoms with Crippen molar-refractivity contribution < 1.29 is 14.0 Å². The van der Waals surface area contributed by atoms with Crippen LogP contribution in [0.1, 0.15) is 57.3 Å². The number of thioether (sulfide) groups is 1. The van der Waals surface area contributed by atoms with Gasteiger partial charge >= 0.3 is 0 Å². The van der Waals surface area contributed by atoms with E-state index in [1.807, 2.05) is 68.7 Å². The van der Waals surface area contributed by atoms with Gasteiger partial charge in [0.05, 0.1) is 29.3 Å². The van der Waals surface area contributed by atoms with Gasteiger partial charge in [0.15, 0.2) is 22.5 Å². The van der Waals surface area contributed by atoms with Gasteiger partial charge in [0.25, 0.3) is 0 Å². The third kappa shape index (κ3) is 4.43. The number of H-pyrrole nitrogens is 1. The van der Waals surface area contributed by atoms with Crippen LogP contribution in [0.25, 0.3) is 11.4 Å². The Morgan fingerprint density at radius 3 is 2.45 bits per heavy atom. The molecule has 0 saturated heterocycles. The lowest BCUT2D eigenvalue weighted by Gasteiger charge is -2.13. The summed E-state index contributed by atoms with van der Waals surface area (Å²) in [4.78, 5) is 28.4. The van der Waals surface area contributed by atoms with E-state index in [2.05, 4.69) is 15.2 Å². The molecule has 8 heteroatoms. The molecule has 3 aromatic heterocycles. The van der Waals surface area contributed by atoms with E-state index >= 15 is 0 Å². The molecule has 1 atom stereocenters. The number of nitrogens with zero attached hydrogens (tertiary/aromatic N) is 3. The fraction of sp³-hybridized carbons (Fsp3) is 0.280. The van der Waals surface area contributed by atoms with Gasteiger partial charge in [0, 0.05) is 11.3 Å². The van der Waals surface area contributed by atoms with Crippen LogP contribution >= 0.6 is 11.8 Å². The first-order valence-electron chi connectivity index (χ1n) is 10.7. The Morgan fingerprint density at radius 1 is 1.12 bits per heavy atom. The first-order valence-corrected chi connectivity index (χ1v) is 11.6. The van der Waals surface area contributed by atoms with Gasteiger partial charge in [0.2, 0.25) is 0 Å². The minimum absolute atomic E-state index is 0.0525. The van der Waals surface area contributed by atoms with Crippen LogP contribution in [-0.2, 0) is 6.54 Å². The minimum Gasteiger partial charge on any atom is -0.469 e. The fourth-order valence-electron chi connectivity index (χ4n) is 4.04. The highest BCUT2D eigenvalue weighted by atomic mass is 32.2. The zero-order chi connectivity index (χ0) is 23.7. The molecule has 0 amide bonds. The van der Waals surface area contributed by atoms with Crippen molar-refractivity contribution in [2.45, 2.75) is 51.6 Å². The van der Waals surface area contributed by atoms with Crippen molar-refractivity contribution in [2.75, 3.05) is 0 Å². The summed E-state index contributed by atoms with van der Waals surface area (Å²) in [6, 6.07) is 11.9. The molecule has 4 aromatic rings. The number of rotatable bonds is 8. The number of ketones is 2. The molecule has 170 valence electrons. The van der Waals surface area contributed by atoms with E-state index in [0.717, 1.165) is 16.9 Å². The van der Waals surface area contributed by atoms with Gasteiger partial charge in [-0.15, -0.1) is 10.2 Å². The summed E-state index contributed by atoms with van der Waals surface area (Å²) < 4.78 is 7.49. The first kappa shape index (κ1) is 22.8. The molecule has 0 fully saturated rings. The predicted octanol–water partition coefficient (Wildman–Crippen LogP) is 5.41. The number of aromatic amines is 1. The molecular weight excluding hydrogens is 436 g/mol. The summed E-state index contributed by atoms with van der Waals surface area (Å²) in [6.07, 6.45) is 1.63. The maximum absolute atomic E-state index is 13.3. The molecule has 3 heterocycles. The maximum atomic E-state index is 13.3. The lowest BCUT2D eigenvalue weighted by Crippen LogP contribution is -2.16. The van der Waals surface area contributed by atoms with E-state index in [4.69, 9.17) is 4.42 Å². The zero-order valence-corrected chi connectivity index (χ0v) is 20.1. The Balaban J connectivity index is 1.67. The summed E-state index contributed by atoms with van der Waals surface area (Å²) in [5, 5.41) is 9.05. The molecule has 4 rings (SSSR count). The third-order valence-electron chi connectivity index (χ3n) is 5.69. The molecule has 1 aromatic carbocycles. The second-order valence-electron chi connectivity index (χ2n) is 8.07. The number of aryl methyl sites for hydroxylation is 2. The molecule has 1 unspecified atom stereocenters. The number of benzene rings is 1. The van der Waals surface area contributed by atoms with Crippen LogP contribution in [0.3, 0.4) is 0 Å². The average Bonchev–Trinajstić information content (AvgIpc) is 3.45. The summed E-state index contributed by atoms with van der Waals surface area (Å²) >= 11 is 1.35. The van der Waals surface area contributed by atoms with Gasteiger partial charge in [-0.2, -0.15) is 0 Å². The van der Waals surface area contributed by atoms with Gasteiger partial charge in [-0.25, -0.2) is 0 Å². The van der Waals surface area contributed by atoms with Crippen LogP contribution < -0.4 is 0 Å². The van der Waals surface area contributed by atoms with Gasteiger partial charge in [0.1, 0.15) is 5.76 Å². The molecule has 0 radical (unpaired) electrons. The number of furan rings is 1. The molecule has 1 N–H and O–H groups in total. The van der Waals surface area contributed by atoms with Crippen molar-refractivity contribution in [3.05, 3.63) is 76.5 Å². The topological polar surface area (TPSA) is 93.8 Å². The van der Waals surface area contributed by atoms with Gasteiger partial charge in [-0.05, 0) is 51.8 Å². The van der Waals surface area contributed by atoms with Crippen molar-refractivity contribution in [1.82, 2.24) is 19.7 Å². The van der Waals surface area contributed by atoms with Gasteiger partial charge in [-0.3, -0.25) is 14.2 Å². The molecule has 0 aliphatic rings. The zero-order valence-electron chi connectivity index (χ0n) is 19.3. The van der Waals surface area contributed by atoms with Gasteiger partial charge < -0.3 is 9.40 Å². The van der Waals surface area contributed by atoms with Crippen LogP contribution in [0, 0.1) is 20.8 Å². The van der Waals surface area contributed by atoms with E-state index in [-0.39, 0.29) is 11.6 Å². The largest absolute Gasteiger partial charge is 0.469 e. The number of carbonyl (C=O) groups excluding carboxylic acids is 2. The van der Waals surface area contributed by atoms with Crippen molar-refractivity contribution >= 4 is 23.3 Å². The van der Waals surface area contributed by atoms with Crippen LogP contribution in [0.2, 0.25) is 0 Å². The van der Waals surface area contributed by atoms with E-state index < -0.39 is 5.25 Å². The highest BCUT2D eigenvalue weighted by molar-refractivity contribution is 8.00. The Hall–Kier alpha value is -3.39. The van der Waals surface area contributed by atoms with Crippen LogP contribution in [-0.4, -0.2) is 36.6 Å². The lowest BCUT2D eigenvalue weighted by molar-refractivity contribution is 0.0988. The smallest absolute Gasteiger partial charge is 0.192 e. The number of hydrogen-bond acceptors (Lipinski definition) is 6. The second kappa shape index (κ2) is 9.23. The maximum Gasteiger partial charge on any atom is 0.192 e.